The lowest BCUT2D eigenvalue weighted by molar-refractivity contribution is -0.0439. The lowest BCUT2D eigenvalue weighted by Gasteiger charge is -2.31. The number of carbonyl (C=O) groups excluding carboxylic acids is 1. The largest absolute Gasteiger partial charge is 0.451 e. The molecule has 0 bridgehead atoms. The summed E-state index contributed by atoms with van der Waals surface area (Å²) in [7, 11) is 0. The van der Waals surface area contributed by atoms with Crippen LogP contribution in [-0.2, 0) is 4.74 Å². The molecule has 3 nitrogen and oxygen atoms in total. The highest BCUT2D eigenvalue weighted by Crippen LogP contribution is 2.32. The first-order chi connectivity index (χ1) is 9.10. The third-order valence-electron chi connectivity index (χ3n) is 3.67. The van der Waals surface area contributed by atoms with Crippen molar-refractivity contribution in [3.05, 3.63) is 35.0 Å². The molecule has 100 valence electrons. The van der Waals surface area contributed by atoms with Gasteiger partial charge in [-0.05, 0) is 38.3 Å². The van der Waals surface area contributed by atoms with Crippen LogP contribution in [0.15, 0.2) is 28.7 Å². The minimum absolute atomic E-state index is 0.0977. The van der Waals surface area contributed by atoms with Crippen molar-refractivity contribution >= 4 is 28.4 Å². The number of rotatable bonds is 2. The fraction of sp³-hybridized carbons (Fsp3) is 0.400. The Labute approximate surface area is 116 Å². The number of Topliss-reactive ketones (excluding diaryl/α,β-unsaturated/α-hetero) is 1. The molecule has 0 radical (unpaired) electrons. The molecular formula is C15H15ClO3. The zero-order valence-electron chi connectivity index (χ0n) is 10.7. The maximum absolute atomic E-state index is 12.5. The van der Waals surface area contributed by atoms with Crippen LogP contribution >= 0.6 is 11.6 Å². The summed E-state index contributed by atoms with van der Waals surface area (Å²) in [5, 5.41) is 1.36. The molecule has 3 rings (SSSR count). The predicted molar refractivity (Wildman–Crippen MR) is 73.8 cm³/mol. The summed E-state index contributed by atoms with van der Waals surface area (Å²) < 4.78 is 11.3. The second-order valence-electron chi connectivity index (χ2n) is 5.13. The smallest absolute Gasteiger partial charge is 0.229 e. The van der Waals surface area contributed by atoms with Gasteiger partial charge in [0.25, 0.3) is 0 Å². The molecule has 0 spiro atoms. The maximum atomic E-state index is 12.5. The van der Waals surface area contributed by atoms with Crippen LogP contribution in [0.2, 0.25) is 5.02 Å². The van der Waals surface area contributed by atoms with Crippen LogP contribution in [0.1, 0.15) is 36.7 Å². The van der Waals surface area contributed by atoms with Crippen molar-refractivity contribution in [2.24, 2.45) is 0 Å². The normalized spacial score (nSPS) is 23.7. The van der Waals surface area contributed by atoms with Crippen molar-refractivity contribution in [1.29, 1.82) is 0 Å². The minimum atomic E-state index is -0.765. The highest BCUT2D eigenvalue weighted by Gasteiger charge is 2.38. The number of ketones is 1. The molecule has 1 unspecified atom stereocenters. The Morgan fingerprint density at radius 1 is 1.37 bits per heavy atom. The fourth-order valence-corrected chi connectivity index (χ4v) is 2.73. The number of ether oxygens (including phenoxy) is 1. The Hall–Kier alpha value is -1.32. The van der Waals surface area contributed by atoms with Gasteiger partial charge in [-0.1, -0.05) is 23.7 Å². The fourth-order valence-electron chi connectivity index (χ4n) is 2.51. The van der Waals surface area contributed by atoms with Crippen LogP contribution in [0.3, 0.4) is 0 Å². The average molecular weight is 279 g/mol. The Morgan fingerprint density at radius 2 is 2.21 bits per heavy atom. The van der Waals surface area contributed by atoms with Crippen molar-refractivity contribution in [3.8, 4) is 0 Å². The molecule has 2 aromatic rings. The van der Waals surface area contributed by atoms with E-state index in [9.17, 15) is 4.79 Å². The lowest BCUT2D eigenvalue weighted by atomic mass is 9.90. The summed E-state index contributed by atoms with van der Waals surface area (Å²) in [5.41, 5.74) is -0.203. The second kappa shape index (κ2) is 4.66. The highest BCUT2D eigenvalue weighted by molar-refractivity contribution is 6.34. The number of carbonyl (C=O) groups is 1. The molecule has 0 saturated carbocycles. The molecule has 0 aliphatic carbocycles. The van der Waals surface area contributed by atoms with Gasteiger partial charge in [0, 0.05) is 12.0 Å². The van der Waals surface area contributed by atoms with Gasteiger partial charge in [0.1, 0.15) is 5.60 Å². The molecule has 19 heavy (non-hydrogen) atoms. The molecule has 4 heteroatoms. The van der Waals surface area contributed by atoms with Gasteiger partial charge in [0.05, 0.1) is 5.02 Å². The van der Waals surface area contributed by atoms with Crippen LogP contribution in [0.4, 0.5) is 0 Å². The molecule has 1 atom stereocenters. The monoisotopic (exact) mass is 278 g/mol. The van der Waals surface area contributed by atoms with E-state index in [2.05, 4.69) is 0 Å². The summed E-state index contributed by atoms with van der Waals surface area (Å²) in [6.07, 6.45) is 2.74. The SMILES string of the molecule is CC1(C(=O)c2cc3cccc(Cl)c3o2)CCCCO1. The summed E-state index contributed by atoms with van der Waals surface area (Å²) >= 11 is 6.06. The Morgan fingerprint density at radius 3 is 2.89 bits per heavy atom. The maximum Gasteiger partial charge on any atom is 0.229 e. The van der Waals surface area contributed by atoms with Crippen LogP contribution < -0.4 is 0 Å². The van der Waals surface area contributed by atoms with Gasteiger partial charge in [-0.2, -0.15) is 0 Å². The molecule has 0 N–H and O–H groups in total. The zero-order chi connectivity index (χ0) is 13.5. The summed E-state index contributed by atoms with van der Waals surface area (Å²) in [4.78, 5) is 12.5. The molecule has 0 amide bonds. The van der Waals surface area contributed by atoms with Crippen LogP contribution in [0.5, 0.6) is 0 Å². The van der Waals surface area contributed by atoms with E-state index in [1.165, 1.54) is 0 Å². The summed E-state index contributed by atoms with van der Waals surface area (Å²) in [6, 6.07) is 7.21. The molecule has 1 aromatic heterocycles. The molecule has 1 saturated heterocycles. The first-order valence-corrected chi connectivity index (χ1v) is 6.85. The first kappa shape index (κ1) is 12.7. The second-order valence-corrected chi connectivity index (χ2v) is 5.54. The molecular weight excluding hydrogens is 264 g/mol. The van der Waals surface area contributed by atoms with E-state index in [-0.39, 0.29) is 5.78 Å². The van der Waals surface area contributed by atoms with Gasteiger partial charge in [-0.15, -0.1) is 0 Å². The van der Waals surface area contributed by atoms with Crippen LogP contribution in [0, 0.1) is 0 Å². The number of hydrogen-bond donors (Lipinski definition) is 0. The van der Waals surface area contributed by atoms with E-state index in [0.29, 0.717) is 23.0 Å². The summed E-state index contributed by atoms with van der Waals surface area (Å²) in [5.74, 6) is 0.229. The van der Waals surface area contributed by atoms with E-state index in [4.69, 9.17) is 20.8 Å². The zero-order valence-corrected chi connectivity index (χ0v) is 11.5. The van der Waals surface area contributed by atoms with Crippen LogP contribution in [-0.4, -0.2) is 18.0 Å². The van der Waals surface area contributed by atoms with Gasteiger partial charge in [0.15, 0.2) is 11.3 Å². The third-order valence-corrected chi connectivity index (χ3v) is 3.97. The van der Waals surface area contributed by atoms with Crippen molar-refractivity contribution in [3.63, 3.8) is 0 Å². The van der Waals surface area contributed by atoms with Gasteiger partial charge in [0.2, 0.25) is 5.78 Å². The number of benzene rings is 1. The number of fused-ring (bicyclic) bond motifs is 1. The molecule has 1 aliphatic rings. The first-order valence-electron chi connectivity index (χ1n) is 6.47. The third kappa shape index (κ3) is 2.17. The van der Waals surface area contributed by atoms with E-state index in [0.717, 1.165) is 24.6 Å². The van der Waals surface area contributed by atoms with E-state index in [1.807, 2.05) is 19.1 Å². The Balaban J connectivity index is 1.99. The predicted octanol–water partition coefficient (Wildman–Crippen LogP) is 4.23. The minimum Gasteiger partial charge on any atom is -0.451 e. The van der Waals surface area contributed by atoms with Gasteiger partial charge in [-0.3, -0.25) is 4.79 Å². The number of hydrogen-bond acceptors (Lipinski definition) is 3. The van der Waals surface area contributed by atoms with Crippen LogP contribution in [0.25, 0.3) is 11.0 Å². The standard InChI is InChI=1S/C15H15ClO3/c1-15(7-2-3-8-18-15)14(17)12-9-10-5-4-6-11(16)13(10)19-12/h4-6,9H,2-3,7-8H2,1H3. The van der Waals surface area contributed by atoms with E-state index < -0.39 is 5.60 Å². The Kier molecular flexibility index (Phi) is 3.11. The number of furan rings is 1. The topological polar surface area (TPSA) is 39.4 Å². The molecule has 2 heterocycles. The average Bonchev–Trinajstić information content (AvgIpc) is 2.84. The van der Waals surface area contributed by atoms with Gasteiger partial charge < -0.3 is 9.15 Å². The van der Waals surface area contributed by atoms with Gasteiger partial charge >= 0.3 is 0 Å². The van der Waals surface area contributed by atoms with Crippen molar-refractivity contribution < 1.29 is 13.9 Å². The quantitative estimate of drug-likeness (QED) is 0.772. The molecule has 1 fully saturated rings. The van der Waals surface area contributed by atoms with Crippen molar-refractivity contribution in [1.82, 2.24) is 0 Å². The Bertz CT molecular complexity index is 623. The summed E-state index contributed by atoms with van der Waals surface area (Å²) in [6.45, 7) is 2.46. The number of para-hydroxylation sites is 1. The van der Waals surface area contributed by atoms with E-state index in [1.54, 1.807) is 12.1 Å². The molecule has 1 aromatic carbocycles. The van der Waals surface area contributed by atoms with Crippen molar-refractivity contribution in [2.45, 2.75) is 31.8 Å². The number of halogens is 1. The van der Waals surface area contributed by atoms with Gasteiger partial charge in [-0.25, -0.2) is 0 Å². The highest BCUT2D eigenvalue weighted by atomic mass is 35.5. The lowest BCUT2D eigenvalue weighted by Crippen LogP contribution is -2.41. The molecule has 1 aliphatic heterocycles. The van der Waals surface area contributed by atoms with Crippen molar-refractivity contribution in [2.75, 3.05) is 6.61 Å². The van der Waals surface area contributed by atoms with E-state index >= 15 is 0 Å².